The van der Waals surface area contributed by atoms with E-state index in [1.807, 2.05) is 13.8 Å². The van der Waals surface area contributed by atoms with E-state index in [0.717, 1.165) is 62.2 Å². The van der Waals surface area contributed by atoms with Crippen molar-refractivity contribution in [3.63, 3.8) is 0 Å². The predicted molar refractivity (Wildman–Crippen MR) is 122 cm³/mol. The first-order chi connectivity index (χ1) is 14.0. The van der Waals surface area contributed by atoms with Gasteiger partial charge in [-0.1, -0.05) is 33.6 Å². The molecule has 0 aromatic rings. The maximum atomic E-state index is 11.2. The van der Waals surface area contributed by atoms with E-state index < -0.39 is 5.60 Å². The van der Waals surface area contributed by atoms with Crippen molar-refractivity contribution in [2.45, 2.75) is 123 Å². The fourth-order valence-corrected chi connectivity index (χ4v) is 9.31. The van der Waals surface area contributed by atoms with Gasteiger partial charge < -0.3 is 15.3 Å². The molecule has 0 amide bonds. The van der Waals surface area contributed by atoms with Crippen molar-refractivity contribution in [2.24, 2.45) is 46.3 Å². The fourth-order valence-electron chi connectivity index (χ4n) is 9.31. The van der Waals surface area contributed by atoms with E-state index >= 15 is 0 Å². The maximum Gasteiger partial charge on any atom is 0.0591 e. The van der Waals surface area contributed by atoms with E-state index in [0.29, 0.717) is 17.3 Å². The van der Waals surface area contributed by atoms with Crippen LogP contribution in [0, 0.1) is 46.3 Å². The van der Waals surface area contributed by atoms with Crippen LogP contribution in [0.3, 0.4) is 0 Å². The van der Waals surface area contributed by atoms with Crippen molar-refractivity contribution in [2.75, 3.05) is 0 Å². The molecule has 3 N–H and O–H groups in total. The SMILES string of the molecule is C[C@H](CCCC(C)(C)O)[C@H]1CC[C@H]2[C@@H]3C[C@@H](O)[C@H]4C[C@@H](O)CC[C@]4(C)[C@H]3CC[C@]12C. The summed E-state index contributed by atoms with van der Waals surface area (Å²) >= 11 is 0. The van der Waals surface area contributed by atoms with Gasteiger partial charge in [-0.15, -0.1) is 0 Å². The molecule has 10 atom stereocenters. The molecule has 0 aromatic carbocycles. The van der Waals surface area contributed by atoms with Crippen LogP contribution in [0.2, 0.25) is 0 Å². The Bertz CT molecular complexity index is 612. The average Bonchev–Trinajstić information content (AvgIpc) is 3.00. The van der Waals surface area contributed by atoms with Crippen LogP contribution in [0.1, 0.15) is 105 Å². The van der Waals surface area contributed by atoms with Crippen molar-refractivity contribution >= 4 is 0 Å². The molecule has 0 heterocycles. The molecular formula is C27H48O3. The summed E-state index contributed by atoms with van der Waals surface area (Å²) in [6, 6.07) is 0. The van der Waals surface area contributed by atoms with E-state index in [4.69, 9.17) is 0 Å². The molecule has 174 valence electrons. The third-order valence-electron chi connectivity index (χ3n) is 10.9. The van der Waals surface area contributed by atoms with Gasteiger partial charge in [0.2, 0.25) is 0 Å². The molecule has 4 rings (SSSR count). The molecule has 0 aromatic heterocycles. The van der Waals surface area contributed by atoms with Crippen LogP contribution in [0.5, 0.6) is 0 Å². The minimum atomic E-state index is -0.544. The summed E-state index contributed by atoms with van der Waals surface area (Å²) in [5.74, 6) is 3.98. The summed E-state index contributed by atoms with van der Waals surface area (Å²) in [5.41, 5.74) is 0.101. The second-order valence-corrected chi connectivity index (χ2v) is 13.1. The number of rotatable bonds is 5. The lowest BCUT2D eigenvalue weighted by Crippen LogP contribution is -2.58. The smallest absolute Gasteiger partial charge is 0.0591 e. The Morgan fingerprint density at radius 3 is 2.27 bits per heavy atom. The van der Waals surface area contributed by atoms with Crippen LogP contribution in [-0.2, 0) is 0 Å². The molecule has 0 bridgehead atoms. The van der Waals surface area contributed by atoms with E-state index in [-0.39, 0.29) is 17.6 Å². The van der Waals surface area contributed by atoms with Gasteiger partial charge >= 0.3 is 0 Å². The van der Waals surface area contributed by atoms with Crippen LogP contribution in [0.15, 0.2) is 0 Å². The molecule has 0 spiro atoms. The molecule has 4 fully saturated rings. The Kier molecular flexibility index (Phi) is 6.17. The molecule has 0 unspecified atom stereocenters. The molecule has 3 heteroatoms. The highest BCUT2D eigenvalue weighted by Crippen LogP contribution is 2.68. The zero-order chi connectivity index (χ0) is 21.9. The van der Waals surface area contributed by atoms with Crippen molar-refractivity contribution in [3.05, 3.63) is 0 Å². The monoisotopic (exact) mass is 420 g/mol. The summed E-state index contributed by atoms with van der Waals surface area (Å²) in [4.78, 5) is 0. The maximum absolute atomic E-state index is 11.2. The zero-order valence-corrected chi connectivity index (χ0v) is 20.2. The summed E-state index contributed by atoms with van der Waals surface area (Å²) in [6.45, 7) is 11.4. The quantitative estimate of drug-likeness (QED) is 0.546. The molecule has 4 aliphatic carbocycles. The normalized spacial score (nSPS) is 49.8. The molecular weight excluding hydrogens is 372 g/mol. The highest BCUT2D eigenvalue weighted by atomic mass is 16.3. The first-order valence-corrected chi connectivity index (χ1v) is 13.0. The lowest BCUT2D eigenvalue weighted by molar-refractivity contribution is -0.172. The van der Waals surface area contributed by atoms with Crippen molar-refractivity contribution in [3.8, 4) is 0 Å². The Hall–Kier alpha value is -0.120. The summed E-state index contributed by atoms with van der Waals surface area (Å²) in [7, 11) is 0. The van der Waals surface area contributed by atoms with Gasteiger partial charge in [0.25, 0.3) is 0 Å². The number of fused-ring (bicyclic) bond motifs is 5. The van der Waals surface area contributed by atoms with E-state index in [2.05, 4.69) is 20.8 Å². The minimum absolute atomic E-state index is 0.205. The van der Waals surface area contributed by atoms with Gasteiger partial charge in [-0.25, -0.2) is 0 Å². The Morgan fingerprint density at radius 2 is 1.57 bits per heavy atom. The molecule has 4 saturated carbocycles. The fraction of sp³-hybridized carbons (Fsp3) is 1.00. The van der Waals surface area contributed by atoms with Gasteiger partial charge in [0.15, 0.2) is 0 Å². The third kappa shape index (κ3) is 3.90. The van der Waals surface area contributed by atoms with Crippen molar-refractivity contribution < 1.29 is 15.3 Å². The molecule has 0 aliphatic heterocycles. The van der Waals surface area contributed by atoms with Crippen LogP contribution in [-0.4, -0.2) is 33.1 Å². The minimum Gasteiger partial charge on any atom is -0.393 e. The van der Waals surface area contributed by atoms with Gasteiger partial charge in [0, 0.05) is 0 Å². The molecule has 0 saturated heterocycles. The molecule has 0 radical (unpaired) electrons. The van der Waals surface area contributed by atoms with Crippen LogP contribution in [0.25, 0.3) is 0 Å². The Balaban J connectivity index is 1.48. The van der Waals surface area contributed by atoms with E-state index in [9.17, 15) is 15.3 Å². The number of hydrogen-bond acceptors (Lipinski definition) is 3. The Morgan fingerprint density at radius 1 is 0.900 bits per heavy atom. The summed E-state index contributed by atoms with van der Waals surface area (Å²) in [6.07, 6.45) is 12.0. The van der Waals surface area contributed by atoms with Crippen LogP contribution >= 0.6 is 0 Å². The molecule has 30 heavy (non-hydrogen) atoms. The molecule has 3 nitrogen and oxygen atoms in total. The molecule has 4 aliphatic rings. The highest BCUT2D eigenvalue weighted by Gasteiger charge is 2.62. The predicted octanol–water partition coefficient (Wildman–Crippen LogP) is 5.55. The van der Waals surface area contributed by atoms with Gasteiger partial charge in [-0.2, -0.15) is 0 Å². The second-order valence-electron chi connectivity index (χ2n) is 13.1. The number of aliphatic hydroxyl groups excluding tert-OH is 2. The standard InChI is InChI=1S/C27H48O3/c1-17(7-6-12-25(2,3)30)20-8-9-21-19-16-24(29)23-15-18(28)10-13-27(23,5)22(19)11-14-26(20,21)4/h17-24,28-30H,6-16H2,1-5H3/t17-,18+,19+,20-,21+,22+,23-,24-,26-,27-/m1/s1. The van der Waals surface area contributed by atoms with Crippen LogP contribution < -0.4 is 0 Å². The third-order valence-corrected chi connectivity index (χ3v) is 10.9. The van der Waals surface area contributed by atoms with E-state index in [1.165, 1.54) is 32.1 Å². The summed E-state index contributed by atoms with van der Waals surface area (Å²) < 4.78 is 0. The number of aliphatic hydroxyl groups is 3. The van der Waals surface area contributed by atoms with Gasteiger partial charge in [-0.3, -0.25) is 0 Å². The van der Waals surface area contributed by atoms with Crippen molar-refractivity contribution in [1.82, 2.24) is 0 Å². The first kappa shape index (κ1) is 23.1. The lowest BCUT2D eigenvalue weighted by Gasteiger charge is -2.62. The lowest BCUT2D eigenvalue weighted by atomic mass is 9.44. The first-order valence-electron chi connectivity index (χ1n) is 13.0. The van der Waals surface area contributed by atoms with Crippen molar-refractivity contribution in [1.29, 1.82) is 0 Å². The van der Waals surface area contributed by atoms with Gasteiger partial charge in [0.05, 0.1) is 17.8 Å². The van der Waals surface area contributed by atoms with E-state index in [1.54, 1.807) is 0 Å². The Labute approximate surface area is 185 Å². The number of hydrogen-bond donors (Lipinski definition) is 3. The second kappa shape index (κ2) is 8.03. The van der Waals surface area contributed by atoms with Crippen LogP contribution in [0.4, 0.5) is 0 Å². The van der Waals surface area contributed by atoms with Gasteiger partial charge in [0.1, 0.15) is 0 Å². The highest BCUT2D eigenvalue weighted by molar-refractivity contribution is 5.11. The average molecular weight is 421 g/mol. The van der Waals surface area contributed by atoms with Gasteiger partial charge in [-0.05, 0) is 118 Å². The largest absolute Gasteiger partial charge is 0.393 e. The zero-order valence-electron chi connectivity index (χ0n) is 20.2. The summed E-state index contributed by atoms with van der Waals surface area (Å²) in [5, 5.41) is 31.5. The topological polar surface area (TPSA) is 60.7 Å².